The van der Waals surface area contributed by atoms with Gasteiger partial charge >= 0.3 is 6.18 Å². The van der Waals surface area contributed by atoms with Gasteiger partial charge in [-0.1, -0.05) is 0 Å². The van der Waals surface area contributed by atoms with Gasteiger partial charge in [-0.15, -0.1) is 10.2 Å². The summed E-state index contributed by atoms with van der Waals surface area (Å²) < 4.78 is 64.5. The molecule has 1 N–H and O–H groups in total. The number of aromatic amines is 1. The fourth-order valence-corrected chi connectivity index (χ4v) is 4.61. The standard InChI is InChI=1S/C14H17F3N6O2S/c1-9-13(10(2)19-18-9)26(24,25)23-7-5-22(6-8-23)12-4-3-11(20-21-12)14(15,16)17/h3-4H,5-8H2,1-2H3,(H,18,19). The largest absolute Gasteiger partial charge is 0.435 e. The Bertz CT molecular complexity index is 867. The quantitative estimate of drug-likeness (QED) is 0.850. The summed E-state index contributed by atoms with van der Waals surface area (Å²) in [7, 11) is -3.68. The summed E-state index contributed by atoms with van der Waals surface area (Å²) in [5.74, 6) is 0.283. The summed E-state index contributed by atoms with van der Waals surface area (Å²) in [4.78, 5) is 1.87. The normalized spacial score (nSPS) is 16.9. The van der Waals surface area contributed by atoms with Crippen LogP contribution >= 0.6 is 0 Å². The van der Waals surface area contributed by atoms with Crippen molar-refractivity contribution in [3.05, 3.63) is 29.2 Å². The van der Waals surface area contributed by atoms with E-state index in [0.29, 0.717) is 24.5 Å². The average molecular weight is 390 g/mol. The number of alkyl halides is 3. The third kappa shape index (κ3) is 3.38. The molecule has 0 saturated carbocycles. The highest BCUT2D eigenvalue weighted by atomic mass is 32.2. The monoisotopic (exact) mass is 390 g/mol. The van der Waals surface area contributed by atoms with Crippen LogP contribution in [0, 0.1) is 13.8 Å². The Kier molecular flexibility index (Phi) is 4.65. The van der Waals surface area contributed by atoms with Crippen LogP contribution in [-0.4, -0.2) is 59.3 Å². The van der Waals surface area contributed by atoms with E-state index in [-0.39, 0.29) is 23.8 Å². The lowest BCUT2D eigenvalue weighted by Crippen LogP contribution is -2.49. The molecular weight excluding hydrogens is 373 g/mol. The SMILES string of the molecule is Cc1n[nH]c(C)c1S(=O)(=O)N1CCN(c2ccc(C(F)(F)F)nn2)CC1. The van der Waals surface area contributed by atoms with Gasteiger partial charge < -0.3 is 4.90 Å². The smallest absolute Gasteiger partial charge is 0.352 e. The molecule has 12 heteroatoms. The fourth-order valence-electron chi connectivity index (χ4n) is 2.85. The van der Waals surface area contributed by atoms with Crippen molar-refractivity contribution in [1.29, 1.82) is 0 Å². The second-order valence-electron chi connectivity index (χ2n) is 5.93. The number of rotatable bonds is 3. The molecule has 3 rings (SSSR count). The number of piperazine rings is 1. The van der Waals surface area contributed by atoms with Crippen molar-refractivity contribution in [3.63, 3.8) is 0 Å². The maximum atomic E-state index is 12.8. The van der Waals surface area contributed by atoms with E-state index in [1.165, 1.54) is 10.4 Å². The summed E-state index contributed by atoms with van der Waals surface area (Å²) in [5, 5.41) is 13.4. The number of H-pyrrole nitrogens is 1. The lowest BCUT2D eigenvalue weighted by Gasteiger charge is -2.34. The molecule has 1 aliphatic heterocycles. The van der Waals surface area contributed by atoms with Crippen LogP contribution in [0.1, 0.15) is 17.1 Å². The minimum absolute atomic E-state index is 0.167. The van der Waals surface area contributed by atoms with Crippen molar-refractivity contribution in [2.75, 3.05) is 31.1 Å². The molecule has 8 nitrogen and oxygen atoms in total. The van der Waals surface area contributed by atoms with Gasteiger partial charge in [-0.3, -0.25) is 5.10 Å². The molecule has 2 aromatic rings. The maximum absolute atomic E-state index is 12.8. The molecular formula is C14H17F3N6O2S. The van der Waals surface area contributed by atoms with E-state index >= 15 is 0 Å². The molecule has 1 aliphatic rings. The lowest BCUT2D eigenvalue weighted by atomic mass is 10.3. The number of hydrogen-bond acceptors (Lipinski definition) is 6. The van der Waals surface area contributed by atoms with E-state index < -0.39 is 21.9 Å². The first kappa shape index (κ1) is 18.6. The van der Waals surface area contributed by atoms with Crippen LogP contribution < -0.4 is 4.90 Å². The second-order valence-corrected chi connectivity index (χ2v) is 7.80. The van der Waals surface area contributed by atoms with E-state index in [1.54, 1.807) is 18.7 Å². The topological polar surface area (TPSA) is 95.1 Å². The van der Waals surface area contributed by atoms with E-state index in [1.807, 2.05) is 0 Å². The predicted molar refractivity (Wildman–Crippen MR) is 86.1 cm³/mol. The minimum Gasteiger partial charge on any atom is -0.352 e. The highest BCUT2D eigenvalue weighted by molar-refractivity contribution is 7.89. The Morgan fingerprint density at radius 1 is 1.08 bits per heavy atom. The third-order valence-corrected chi connectivity index (χ3v) is 6.32. The van der Waals surface area contributed by atoms with Gasteiger partial charge in [0.25, 0.3) is 0 Å². The molecule has 0 unspecified atom stereocenters. The number of hydrogen-bond donors (Lipinski definition) is 1. The molecule has 0 atom stereocenters. The van der Waals surface area contributed by atoms with Gasteiger partial charge in [0.1, 0.15) is 4.90 Å². The summed E-state index contributed by atoms with van der Waals surface area (Å²) >= 11 is 0. The van der Waals surface area contributed by atoms with E-state index in [0.717, 1.165) is 6.07 Å². The number of sulfonamides is 1. The molecule has 3 heterocycles. The number of aromatic nitrogens is 4. The molecule has 0 amide bonds. The number of nitrogens with one attached hydrogen (secondary N) is 1. The van der Waals surface area contributed by atoms with Gasteiger partial charge in [0.05, 0.1) is 11.4 Å². The second kappa shape index (κ2) is 6.50. The zero-order valence-corrected chi connectivity index (χ0v) is 14.9. The zero-order valence-electron chi connectivity index (χ0n) is 14.1. The van der Waals surface area contributed by atoms with E-state index in [4.69, 9.17) is 0 Å². The molecule has 1 saturated heterocycles. The zero-order chi connectivity index (χ0) is 19.1. The first-order valence-electron chi connectivity index (χ1n) is 7.78. The van der Waals surface area contributed by atoms with Crippen molar-refractivity contribution in [2.24, 2.45) is 0 Å². The molecule has 2 aromatic heterocycles. The van der Waals surface area contributed by atoms with Gasteiger partial charge in [0, 0.05) is 26.2 Å². The van der Waals surface area contributed by atoms with Crippen LogP contribution in [0.5, 0.6) is 0 Å². The number of nitrogens with zero attached hydrogens (tertiary/aromatic N) is 5. The molecule has 0 aromatic carbocycles. The van der Waals surface area contributed by atoms with E-state index in [9.17, 15) is 21.6 Å². The first-order valence-corrected chi connectivity index (χ1v) is 9.22. The number of anilines is 1. The minimum atomic E-state index is -4.54. The highest BCUT2D eigenvalue weighted by Crippen LogP contribution is 2.28. The Morgan fingerprint density at radius 2 is 1.73 bits per heavy atom. The highest BCUT2D eigenvalue weighted by Gasteiger charge is 2.34. The van der Waals surface area contributed by atoms with Crippen molar-refractivity contribution in [1.82, 2.24) is 24.7 Å². The van der Waals surface area contributed by atoms with Crippen LogP contribution in [0.2, 0.25) is 0 Å². The first-order chi connectivity index (χ1) is 12.1. The molecule has 1 fully saturated rings. The van der Waals surface area contributed by atoms with Crippen molar-refractivity contribution >= 4 is 15.8 Å². The van der Waals surface area contributed by atoms with Crippen molar-refractivity contribution < 1.29 is 21.6 Å². The number of aryl methyl sites for hydroxylation is 2. The third-order valence-electron chi connectivity index (χ3n) is 4.16. The van der Waals surface area contributed by atoms with Crippen LogP contribution in [0.25, 0.3) is 0 Å². The van der Waals surface area contributed by atoms with Crippen LogP contribution in [-0.2, 0) is 16.2 Å². The average Bonchev–Trinajstić information content (AvgIpc) is 2.93. The maximum Gasteiger partial charge on any atom is 0.435 e. The van der Waals surface area contributed by atoms with Crippen molar-refractivity contribution in [2.45, 2.75) is 24.9 Å². The molecule has 0 spiro atoms. The van der Waals surface area contributed by atoms with E-state index in [2.05, 4.69) is 20.4 Å². The molecule has 26 heavy (non-hydrogen) atoms. The van der Waals surface area contributed by atoms with Crippen molar-refractivity contribution in [3.8, 4) is 0 Å². The summed E-state index contributed by atoms with van der Waals surface area (Å²) in [5.41, 5.74) is -0.189. The van der Waals surface area contributed by atoms with Crippen LogP contribution in [0.3, 0.4) is 0 Å². The van der Waals surface area contributed by atoms with Gasteiger partial charge in [-0.25, -0.2) is 8.42 Å². The van der Waals surface area contributed by atoms with Gasteiger partial charge in [-0.2, -0.15) is 22.6 Å². The Hall–Kier alpha value is -2.21. The van der Waals surface area contributed by atoms with Crippen LogP contribution in [0.15, 0.2) is 17.0 Å². The molecule has 0 radical (unpaired) electrons. The Morgan fingerprint density at radius 3 is 2.19 bits per heavy atom. The molecule has 0 aliphatic carbocycles. The Labute approximate surface area is 148 Å². The fraction of sp³-hybridized carbons (Fsp3) is 0.500. The number of halogens is 3. The Balaban J connectivity index is 1.71. The molecule has 0 bridgehead atoms. The van der Waals surface area contributed by atoms with Crippen LogP contribution in [0.4, 0.5) is 19.0 Å². The van der Waals surface area contributed by atoms with Gasteiger partial charge in [-0.05, 0) is 26.0 Å². The predicted octanol–water partition coefficient (Wildman–Crippen LogP) is 1.35. The molecule has 142 valence electrons. The summed E-state index contributed by atoms with van der Waals surface area (Å²) in [6, 6.07) is 2.11. The van der Waals surface area contributed by atoms with Gasteiger partial charge in [0.15, 0.2) is 11.5 Å². The summed E-state index contributed by atoms with van der Waals surface area (Å²) in [6.07, 6.45) is -4.54. The van der Waals surface area contributed by atoms with Gasteiger partial charge in [0.2, 0.25) is 10.0 Å². The summed E-state index contributed by atoms with van der Waals surface area (Å²) in [6.45, 7) is 4.24. The lowest BCUT2D eigenvalue weighted by molar-refractivity contribution is -0.141.